The molecule has 0 saturated heterocycles. The van der Waals surface area contributed by atoms with Crippen LogP contribution in [0.1, 0.15) is 40.9 Å². The summed E-state index contributed by atoms with van der Waals surface area (Å²) >= 11 is 0. The molecule has 2 aromatic rings. The van der Waals surface area contributed by atoms with Gasteiger partial charge in [0, 0.05) is 16.9 Å². The van der Waals surface area contributed by atoms with Crippen molar-refractivity contribution in [3.8, 4) is 11.5 Å². The Bertz CT molecular complexity index is 721. The van der Waals surface area contributed by atoms with Gasteiger partial charge in [0.25, 0.3) is 0 Å². The van der Waals surface area contributed by atoms with Crippen LogP contribution < -0.4 is 14.8 Å². The number of aryl methyl sites for hydroxylation is 3. The van der Waals surface area contributed by atoms with Gasteiger partial charge in [-0.1, -0.05) is 17.7 Å². The molecule has 25 heavy (non-hydrogen) atoms. The van der Waals surface area contributed by atoms with Crippen LogP contribution in [-0.2, 0) is 0 Å². The van der Waals surface area contributed by atoms with Gasteiger partial charge in [0.15, 0.2) is 5.52 Å². The third-order valence-electron chi connectivity index (χ3n) is 3.72. The third kappa shape index (κ3) is 5.61. The number of carbonyl (C=O) groups is 1. The van der Waals surface area contributed by atoms with Crippen molar-refractivity contribution in [3.05, 3.63) is 52.6 Å². The monoisotopic (exact) mass is 352 g/mol. The van der Waals surface area contributed by atoms with E-state index >= 15 is 0 Å². The van der Waals surface area contributed by atoms with Crippen molar-refractivity contribution in [3.63, 3.8) is 0 Å². The molecule has 0 aliphatic rings. The van der Waals surface area contributed by atoms with E-state index in [0.717, 1.165) is 33.5 Å². The zero-order chi connectivity index (χ0) is 17.7. The molecule has 0 radical (unpaired) electrons. The van der Waals surface area contributed by atoms with Gasteiger partial charge in [0.1, 0.15) is 11.5 Å². The number of benzene rings is 2. The Morgan fingerprint density at radius 1 is 0.960 bits per heavy atom. The molecule has 0 heterocycles. The normalized spacial score (nSPS) is 10.6. The summed E-state index contributed by atoms with van der Waals surface area (Å²) in [4.78, 5) is 12.9. The number of carbonyl (C=O) groups excluding carboxylic acids is 1. The van der Waals surface area contributed by atoms with Crippen LogP contribution in [0, 0.1) is 20.8 Å². The average molecular weight is 352 g/mol. The van der Waals surface area contributed by atoms with Gasteiger partial charge in [-0.05, 0) is 66.5 Å². The Balaban J connectivity index is 0.00000312. The van der Waals surface area contributed by atoms with Gasteiger partial charge >= 0.3 is 18.9 Å². The van der Waals surface area contributed by atoms with Crippen LogP contribution in [0.25, 0.3) is 0 Å². The van der Waals surface area contributed by atoms with Crippen LogP contribution in [0.4, 0.5) is 0 Å². The summed E-state index contributed by atoms with van der Waals surface area (Å²) in [7, 11) is 0.0329. The summed E-state index contributed by atoms with van der Waals surface area (Å²) < 4.78 is 11.2. The Hall–Kier alpha value is -1.26. The first-order valence-electron chi connectivity index (χ1n) is 8.25. The molecule has 0 aromatic heterocycles. The summed E-state index contributed by atoms with van der Waals surface area (Å²) in [5.74, 6) is 1.50. The number of hydrogen-bond donors (Lipinski definition) is 0. The van der Waals surface area contributed by atoms with Crippen molar-refractivity contribution < 1.29 is 14.3 Å². The summed E-state index contributed by atoms with van der Waals surface area (Å²) in [6.45, 7) is 11.1. The zero-order valence-corrected chi connectivity index (χ0v) is 16.0. The molecule has 3 nitrogen and oxygen atoms in total. The predicted octanol–water partition coefficient (Wildman–Crippen LogP) is 3.90. The van der Waals surface area contributed by atoms with Crippen molar-refractivity contribution in [2.75, 3.05) is 13.2 Å². The second kappa shape index (κ2) is 10.0. The van der Waals surface area contributed by atoms with E-state index in [9.17, 15) is 4.79 Å². The van der Waals surface area contributed by atoms with E-state index in [1.165, 1.54) is 5.56 Å². The predicted molar refractivity (Wildman–Crippen MR) is 109 cm³/mol. The minimum absolute atomic E-state index is 0. The van der Waals surface area contributed by atoms with Crippen LogP contribution in [-0.4, -0.2) is 37.6 Å². The quantitative estimate of drug-likeness (QED) is 0.560. The van der Waals surface area contributed by atoms with Gasteiger partial charge < -0.3 is 9.47 Å². The van der Waals surface area contributed by atoms with Crippen molar-refractivity contribution in [2.45, 2.75) is 34.6 Å². The number of hydrogen-bond acceptors (Lipinski definition) is 3. The summed E-state index contributed by atoms with van der Waals surface area (Å²) in [6, 6.07) is 9.83. The molecule has 0 saturated carbocycles. The minimum atomic E-state index is 0. The molecule has 0 bridgehead atoms. The van der Waals surface area contributed by atoms with Gasteiger partial charge in [0.05, 0.1) is 13.2 Å². The van der Waals surface area contributed by atoms with Crippen LogP contribution in [0.15, 0.2) is 30.3 Å². The molecule has 0 fully saturated rings. The third-order valence-corrected chi connectivity index (χ3v) is 4.88. The first-order valence-corrected chi connectivity index (χ1v) is 9.25. The molecule has 0 N–H and O–H groups in total. The Morgan fingerprint density at radius 3 is 2.12 bits per heavy atom. The number of ether oxygens (including phenoxy) is 2. The zero-order valence-electron chi connectivity index (χ0n) is 15.0. The summed E-state index contributed by atoms with van der Waals surface area (Å²) in [5, 5.41) is 0.921. The van der Waals surface area contributed by atoms with Crippen molar-refractivity contribution >= 4 is 38.3 Å². The Morgan fingerprint density at radius 2 is 1.56 bits per heavy atom. The number of rotatable bonds is 7. The standard InChI is InChI=1S/C20H25O3P.Li.H/c1-6-22-16-8-9-18(17(12-16)23-7-2)24-20(21)19-14(4)10-13(3)11-15(19)5;;/h8-12,24H,6-7H2,1-5H3;;. The second-order valence-corrected chi connectivity index (χ2v) is 6.99. The second-order valence-electron chi connectivity index (χ2n) is 5.75. The molecule has 0 amide bonds. The molecular weight excluding hydrogens is 326 g/mol. The maximum atomic E-state index is 12.9. The van der Waals surface area contributed by atoms with E-state index in [-0.39, 0.29) is 33.0 Å². The summed E-state index contributed by atoms with van der Waals surface area (Å²) in [6.07, 6.45) is 0. The Kier molecular flexibility index (Phi) is 8.73. The average Bonchev–Trinajstić information content (AvgIpc) is 2.49. The fraction of sp³-hybridized carbons (Fsp3) is 0.350. The van der Waals surface area contributed by atoms with E-state index in [1.807, 2.05) is 45.9 Å². The molecule has 5 heteroatoms. The first kappa shape index (κ1) is 21.8. The summed E-state index contributed by atoms with van der Waals surface area (Å²) in [5.41, 5.74) is 4.23. The van der Waals surface area contributed by atoms with Crippen molar-refractivity contribution in [1.29, 1.82) is 0 Å². The van der Waals surface area contributed by atoms with Gasteiger partial charge in [-0.3, -0.25) is 4.79 Å². The fourth-order valence-corrected chi connectivity index (χ4v) is 4.06. The van der Waals surface area contributed by atoms with Gasteiger partial charge in [0.2, 0.25) is 0 Å². The van der Waals surface area contributed by atoms with Crippen LogP contribution >= 0.6 is 8.58 Å². The van der Waals surface area contributed by atoms with E-state index < -0.39 is 0 Å². The van der Waals surface area contributed by atoms with E-state index in [4.69, 9.17) is 9.47 Å². The van der Waals surface area contributed by atoms with Gasteiger partial charge in [-0.25, -0.2) is 0 Å². The molecular formula is C20H26LiO3P. The molecule has 2 aromatic carbocycles. The molecule has 2 rings (SSSR count). The first-order chi connectivity index (χ1) is 11.5. The van der Waals surface area contributed by atoms with E-state index in [2.05, 4.69) is 19.1 Å². The van der Waals surface area contributed by atoms with Crippen LogP contribution in [0.2, 0.25) is 0 Å². The fourth-order valence-electron chi connectivity index (χ4n) is 2.86. The maximum absolute atomic E-state index is 12.9. The van der Waals surface area contributed by atoms with Gasteiger partial charge in [-0.2, -0.15) is 0 Å². The Labute approximate surface area is 164 Å². The SMILES string of the molecule is CCOc1ccc(PC(=O)c2c(C)cc(C)cc2C)c(OCC)c1.[LiH]. The van der Waals surface area contributed by atoms with Crippen LogP contribution in [0.3, 0.4) is 0 Å². The molecule has 130 valence electrons. The molecule has 0 aliphatic carbocycles. The van der Waals surface area contributed by atoms with Crippen molar-refractivity contribution in [2.24, 2.45) is 0 Å². The molecule has 1 atom stereocenters. The molecule has 1 unspecified atom stereocenters. The topological polar surface area (TPSA) is 35.5 Å². The molecule has 0 aliphatic heterocycles. The van der Waals surface area contributed by atoms with E-state index in [0.29, 0.717) is 13.2 Å². The van der Waals surface area contributed by atoms with Gasteiger partial charge in [-0.15, -0.1) is 0 Å². The molecule has 0 spiro atoms. The van der Waals surface area contributed by atoms with Crippen LogP contribution in [0.5, 0.6) is 11.5 Å². The van der Waals surface area contributed by atoms with E-state index in [1.54, 1.807) is 0 Å². The van der Waals surface area contributed by atoms with Crippen molar-refractivity contribution in [1.82, 2.24) is 0 Å².